The fraction of sp³-hybridized carbons (Fsp3) is 0.455. The van der Waals surface area contributed by atoms with Crippen LogP contribution in [-0.2, 0) is 4.79 Å². The van der Waals surface area contributed by atoms with E-state index in [-0.39, 0.29) is 16.0 Å². The second-order valence-corrected chi connectivity index (χ2v) is 5.20. The predicted molar refractivity (Wildman–Crippen MR) is 68.1 cm³/mol. The number of aliphatic hydroxyl groups is 2. The summed E-state index contributed by atoms with van der Waals surface area (Å²) in [6, 6.07) is 1.70. The van der Waals surface area contributed by atoms with Gasteiger partial charge in [0, 0.05) is 24.4 Å². The van der Waals surface area contributed by atoms with Crippen molar-refractivity contribution in [2.75, 3.05) is 5.75 Å². The average Bonchev–Trinajstić information content (AvgIpc) is 2.25. The van der Waals surface area contributed by atoms with Crippen LogP contribution in [0.5, 0.6) is 0 Å². The first-order chi connectivity index (χ1) is 7.93. The van der Waals surface area contributed by atoms with Gasteiger partial charge in [-0.2, -0.15) is 0 Å². The lowest BCUT2D eigenvalue weighted by atomic mass is 10.0. The summed E-state index contributed by atoms with van der Waals surface area (Å²) < 4.78 is 0. The first-order valence-electron chi connectivity index (χ1n) is 5.04. The number of halogens is 1. The SMILES string of the molecule is CC(=O)SCC(O)C(O)c1c(C)ccnc1Cl. The highest BCUT2D eigenvalue weighted by Crippen LogP contribution is 2.28. The van der Waals surface area contributed by atoms with Crippen LogP contribution >= 0.6 is 23.4 Å². The molecule has 1 aromatic heterocycles. The van der Waals surface area contributed by atoms with Crippen molar-refractivity contribution in [3.8, 4) is 0 Å². The van der Waals surface area contributed by atoms with Gasteiger partial charge < -0.3 is 10.2 Å². The summed E-state index contributed by atoms with van der Waals surface area (Å²) in [7, 11) is 0. The van der Waals surface area contributed by atoms with Crippen LogP contribution in [0.15, 0.2) is 12.3 Å². The molecular formula is C11H14ClNO3S. The largest absolute Gasteiger partial charge is 0.389 e. The highest BCUT2D eigenvalue weighted by Gasteiger charge is 2.23. The van der Waals surface area contributed by atoms with E-state index in [0.29, 0.717) is 5.56 Å². The number of rotatable bonds is 4. The van der Waals surface area contributed by atoms with Crippen molar-refractivity contribution in [1.29, 1.82) is 0 Å². The van der Waals surface area contributed by atoms with Crippen LogP contribution in [0, 0.1) is 6.92 Å². The summed E-state index contributed by atoms with van der Waals surface area (Å²) in [6.45, 7) is 3.18. The number of aromatic nitrogens is 1. The van der Waals surface area contributed by atoms with Crippen molar-refractivity contribution in [3.05, 3.63) is 28.5 Å². The number of hydrogen-bond donors (Lipinski definition) is 2. The molecule has 0 fully saturated rings. The summed E-state index contributed by atoms with van der Waals surface area (Å²) in [4.78, 5) is 14.6. The van der Waals surface area contributed by atoms with Crippen LogP contribution in [0.2, 0.25) is 5.15 Å². The molecule has 1 heterocycles. The first-order valence-corrected chi connectivity index (χ1v) is 6.40. The Bertz CT molecular complexity index is 393. The van der Waals surface area contributed by atoms with E-state index >= 15 is 0 Å². The van der Waals surface area contributed by atoms with Gasteiger partial charge in [0.15, 0.2) is 5.12 Å². The molecule has 0 spiro atoms. The third kappa shape index (κ3) is 3.96. The van der Waals surface area contributed by atoms with Crippen LogP contribution < -0.4 is 0 Å². The Kier molecular flexibility index (Phi) is 5.39. The third-order valence-electron chi connectivity index (χ3n) is 2.28. The van der Waals surface area contributed by atoms with Crippen LogP contribution in [0.4, 0.5) is 0 Å². The van der Waals surface area contributed by atoms with Crippen LogP contribution in [0.1, 0.15) is 24.2 Å². The lowest BCUT2D eigenvalue weighted by Gasteiger charge is -2.19. The zero-order chi connectivity index (χ0) is 13.0. The van der Waals surface area contributed by atoms with Gasteiger partial charge in [-0.3, -0.25) is 4.79 Å². The highest BCUT2D eigenvalue weighted by atomic mass is 35.5. The molecule has 0 radical (unpaired) electrons. The maximum atomic E-state index is 10.8. The van der Waals surface area contributed by atoms with Gasteiger partial charge in [-0.25, -0.2) is 4.98 Å². The van der Waals surface area contributed by atoms with Gasteiger partial charge in [0.2, 0.25) is 0 Å². The Morgan fingerprint density at radius 3 is 2.76 bits per heavy atom. The summed E-state index contributed by atoms with van der Waals surface area (Å²) in [5.74, 6) is 0.126. The molecule has 1 aromatic rings. The van der Waals surface area contributed by atoms with E-state index in [2.05, 4.69) is 4.98 Å². The minimum Gasteiger partial charge on any atom is -0.389 e. The number of thioether (sulfide) groups is 1. The van der Waals surface area contributed by atoms with Crippen molar-refractivity contribution < 1.29 is 15.0 Å². The molecule has 0 aromatic carbocycles. The standard InChI is InChI=1S/C11H14ClNO3S/c1-6-3-4-13-11(12)9(6)10(16)8(15)5-17-7(2)14/h3-4,8,10,15-16H,5H2,1-2H3. The van der Waals surface area contributed by atoms with E-state index in [1.165, 1.54) is 13.1 Å². The monoisotopic (exact) mass is 275 g/mol. The number of aryl methyl sites for hydroxylation is 1. The maximum Gasteiger partial charge on any atom is 0.185 e. The second kappa shape index (κ2) is 6.35. The number of pyridine rings is 1. The van der Waals surface area contributed by atoms with Crippen LogP contribution in [-0.4, -0.2) is 32.2 Å². The van der Waals surface area contributed by atoms with E-state index in [4.69, 9.17) is 11.6 Å². The molecule has 0 bridgehead atoms. The molecule has 0 aliphatic carbocycles. The third-order valence-corrected chi connectivity index (χ3v) is 3.49. The number of nitrogens with zero attached hydrogens (tertiary/aromatic N) is 1. The van der Waals surface area contributed by atoms with E-state index in [0.717, 1.165) is 17.3 Å². The molecule has 2 N–H and O–H groups in total. The van der Waals surface area contributed by atoms with Gasteiger partial charge in [0.25, 0.3) is 0 Å². The first kappa shape index (κ1) is 14.4. The molecule has 1 rings (SSSR count). The van der Waals surface area contributed by atoms with Crippen molar-refractivity contribution in [3.63, 3.8) is 0 Å². The van der Waals surface area contributed by atoms with Crippen molar-refractivity contribution in [2.24, 2.45) is 0 Å². The Morgan fingerprint density at radius 2 is 2.24 bits per heavy atom. The molecule has 2 atom stereocenters. The van der Waals surface area contributed by atoms with E-state index < -0.39 is 12.2 Å². The van der Waals surface area contributed by atoms with Crippen LogP contribution in [0.25, 0.3) is 0 Å². The molecule has 6 heteroatoms. The average molecular weight is 276 g/mol. The molecule has 17 heavy (non-hydrogen) atoms. The number of hydrogen-bond acceptors (Lipinski definition) is 5. The molecule has 0 saturated carbocycles. The van der Waals surface area contributed by atoms with Gasteiger partial charge in [0.05, 0.1) is 6.10 Å². The molecule has 0 amide bonds. The van der Waals surface area contributed by atoms with Crippen molar-refractivity contribution in [1.82, 2.24) is 4.98 Å². The van der Waals surface area contributed by atoms with Gasteiger partial charge in [-0.1, -0.05) is 23.4 Å². The van der Waals surface area contributed by atoms with E-state index in [9.17, 15) is 15.0 Å². The van der Waals surface area contributed by atoms with Crippen molar-refractivity contribution >= 4 is 28.5 Å². The van der Waals surface area contributed by atoms with Crippen molar-refractivity contribution in [2.45, 2.75) is 26.1 Å². The lowest BCUT2D eigenvalue weighted by Crippen LogP contribution is -2.22. The predicted octanol–water partition coefficient (Wildman–Crippen LogP) is 1.72. The molecular weight excluding hydrogens is 262 g/mol. The van der Waals surface area contributed by atoms with E-state index in [1.807, 2.05) is 0 Å². The zero-order valence-corrected chi connectivity index (χ0v) is 11.1. The summed E-state index contributed by atoms with van der Waals surface area (Å²) in [5, 5.41) is 19.8. The fourth-order valence-electron chi connectivity index (χ4n) is 1.38. The Morgan fingerprint density at radius 1 is 1.59 bits per heavy atom. The summed E-state index contributed by atoms with van der Waals surface area (Å²) >= 11 is 6.84. The molecule has 4 nitrogen and oxygen atoms in total. The molecule has 0 aliphatic heterocycles. The lowest BCUT2D eigenvalue weighted by molar-refractivity contribution is -0.109. The Hall–Kier alpha value is -0.620. The molecule has 0 saturated heterocycles. The number of carbonyl (C=O) groups is 1. The quantitative estimate of drug-likeness (QED) is 0.819. The summed E-state index contributed by atoms with van der Waals surface area (Å²) in [5.41, 5.74) is 1.16. The number of carbonyl (C=O) groups excluding carboxylic acids is 1. The normalized spacial score (nSPS) is 14.4. The Balaban J connectivity index is 2.81. The van der Waals surface area contributed by atoms with Gasteiger partial charge >= 0.3 is 0 Å². The smallest absolute Gasteiger partial charge is 0.185 e. The highest BCUT2D eigenvalue weighted by molar-refractivity contribution is 8.13. The second-order valence-electron chi connectivity index (χ2n) is 3.65. The van der Waals surface area contributed by atoms with E-state index in [1.54, 1.807) is 13.0 Å². The van der Waals surface area contributed by atoms with Gasteiger partial charge in [-0.15, -0.1) is 0 Å². The fourth-order valence-corrected chi connectivity index (χ4v) is 2.28. The Labute approximate surface area is 109 Å². The summed E-state index contributed by atoms with van der Waals surface area (Å²) in [6.07, 6.45) is -0.655. The topological polar surface area (TPSA) is 70.4 Å². The number of aliphatic hydroxyl groups excluding tert-OH is 2. The molecule has 0 aliphatic rings. The molecule has 2 unspecified atom stereocenters. The molecule has 94 valence electrons. The van der Waals surface area contributed by atoms with Gasteiger partial charge in [0.1, 0.15) is 11.3 Å². The minimum atomic E-state index is -1.14. The maximum absolute atomic E-state index is 10.8. The zero-order valence-electron chi connectivity index (χ0n) is 9.55. The minimum absolute atomic E-state index is 0.106. The van der Waals surface area contributed by atoms with Gasteiger partial charge in [-0.05, 0) is 18.6 Å². The van der Waals surface area contributed by atoms with Crippen LogP contribution in [0.3, 0.4) is 0 Å².